The van der Waals surface area contributed by atoms with E-state index in [1.165, 1.54) is 0 Å². The van der Waals surface area contributed by atoms with Gasteiger partial charge in [-0.05, 0) is 23.5 Å². The summed E-state index contributed by atoms with van der Waals surface area (Å²) in [4.78, 5) is 9.34. The van der Waals surface area contributed by atoms with Crippen LogP contribution >= 0.6 is 0 Å². The van der Waals surface area contributed by atoms with Crippen LogP contribution in [0, 0.1) is 12.2 Å². The minimum Gasteiger partial charge on any atom is -0.317 e. The monoisotopic (exact) mass is 519 g/mol. The van der Waals surface area contributed by atoms with Crippen LogP contribution in [0.4, 0.5) is 0 Å². The molecule has 3 heteroatoms. The summed E-state index contributed by atoms with van der Waals surface area (Å²) in [6.45, 7) is 14.9. The number of hydrogen-bond acceptors (Lipinski definition) is 2. The van der Waals surface area contributed by atoms with Crippen LogP contribution in [0.1, 0.15) is 22.8 Å². The predicted molar refractivity (Wildman–Crippen MR) is 105 cm³/mol. The summed E-state index contributed by atoms with van der Waals surface area (Å²) in [5.74, 6) is 0. The van der Waals surface area contributed by atoms with E-state index in [1.54, 1.807) is 18.2 Å². The fourth-order valence-corrected chi connectivity index (χ4v) is 2.34. The third-order valence-corrected chi connectivity index (χ3v) is 3.46. The minimum atomic E-state index is 0. The Bertz CT molecular complexity index is 789. The number of aromatic nitrogens is 2. The van der Waals surface area contributed by atoms with Gasteiger partial charge in [-0.2, -0.15) is 37.0 Å². The van der Waals surface area contributed by atoms with Crippen LogP contribution in [0.3, 0.4) is 0 Å². The van der Waals surface area contributed by atoms with E-state index in [-0.39, 0.29) is 21.1 Å². The van der Waals surface area contributed by atoms with Crippen molar-refractivity contribution >= 4 is 11.1 Å². The molecule has 132 valence electrons. The normalized spacial score (nSPS) is 11.2. The maximum atomic E-state index is 4.67. The SMILES string of the molecule is C=[C-]/C(=C\C=C)c1cccc(Cc2cccc(C(=[C-]C=C)C=C)n2)n1.[Pt+2]. The summed E-state index contributed by atoms with van der Waals surface area (Å²) in [7, 11) is 0. The third kappa shape index (κ3) is 5.75. The first-order valence-corrected chi connectivity index (χ1v) is 7.87. The number of nitrogens with zero attached hydrogens (tertiary/aromatic N) is 2. The molecule has 0 aliphatic carbocycles. The summed E-state index contributed by atoms with van der Waals surface area (Å²) in [5, 5.41) is 0. The molecule has 0 saturated heterocycles. The van der Waals surface area contributed by atoms with Crippen LogP contribution in [0.5, 0.6) is 0 Å². The van der Waals surface area contributed by atoms with E-state index in [1.807, 2.05) is 42.5 Å². The van der Waals surface area contributed by atoms with Crippen molar-refractivity contribution < 1.29 is 21.1 Å². The predicted octanol–water partition coefficient (Wildman–Crippen LogP) is 5.18. The summed E-state index contributed by atoms with van der Waals surface area (Å²) in [5.41, 5.74) is 5.10. The van der Waals surface area contributed by atoms with Crippen LogP contribution in [0.25, 0.3) is 11.1 Å². The average molecular weight is 520 g/mol. The first-order valence-electron chi connectivity index (χ1n) is 7.87. The Morgan fingerprint density at radius 1 is 0.962 bits per heavy atom. The zero-order valence-corrected chi connectivity index (χ0v) is 16.8. The molecule has 0 fully saturated rings. The van der Waals surface area contributed by atoms with Gasteiger partial charge in [0.2, 0.25) is 0 Å². The van der Waals surface area contributed by atoms with Crippen molar-refractivity contribution in [1.29, 1.82) is 0 Å². The molecule has 2 rings (SSSR count). The van der Waals surface area contributed by atoms with Crippen LogP contribution < -0.4 is 0 Å². The van der Waals surface area contributed by atoms with E-state index in [2.05, 4.69) is 48.4 Å². The molecule has 2 heterocycles. The number of rotatable bonds is 8. The fraction of sp³-hybridized carbons (Fsp3) is 0.0435. The van der Waals surface area contributed by atoms with E-state index in [9.17, 15) is 0 Å². The van der Waals surface area contributed by atoms with Gasteiger partial charge in [0.05, 0.1) is 0 Å². The molecule has 0 aromatic carbocycles. The zero-order chi connectivity index (χ0) is 18.1. The standard InChI is InChI=1S/C23H20N2.Pt/c1-5-11-18(7-3)22-15-9-13-20(24-22)17-21-14-10-16-23(25-21)19(8-4)12-6-2;/h5-7,9-10,12-16H,1-4,17H2;/q-2;+2/b19-12+;. The van der Waals surface area contributed by atoms with Crippen molar-refractivity contribution in [1.82, 2.24) is 9.97 Å². The van der Waals surface area contributed by atoms with Crippen molar-refractivity contribution in [2.24, 2.45) is 0 Å². The number of hydrogen-bond donors (Lipinski definition) is 0. The molecule has 2 nitrogen and oxygen atoms in total. The van der Waals surface area contributed by atoms with Gasteiger partial charge >= 0.3 is 21.1 Å². The summed E-state index contributed by atoms with van der Waals surface area (Å²) in [6.07, 6.45) is 13.4. The maximum absolute atomic E-state index is 4.67. The zero-order valence-electron chi connectivity index (χ0n) is 14.5. The summed E-state index contributed by atoms with van der Waals surface area (Å²) in [6, 6.07) is 11.8. The second-order valence-corrected chi connectivity index (χ2v) is 5.16. The molecule has 0 amide bonds. The smallest absolute Gasteiger partial charge is 0.317 e. The van der Waals surface area contributed by atoms with Crippen molar-refractivity contribution in [3.63, 3.8) is 0 Å². The van der Waals surface area contributed by atoms with E-state index >= 15 is 0 Å². The molecule has 0 spiro atoms. The molecule has 0 N–H and O–H groups in total. The van der Waals surface area contributed by atoms with Gasteiger partial charge in [0.1, 0.15) is 0 Å². The number of allylic oxidation sites excluding steroid dienone is 8. The van der Waals surface area contributed by atoms with Crippen molar-refractivity contribution in [3.05, 3.63) is 122 Å². The Morgan fingerprint density at radius 3 is 2.12 bits per heavy atom. The Morgan fingerprint density at radius 2 is 1.58 bits per heavy atom. The van der Waals surface area contributed by atoms with Gasteiger partial charge in [0.15, 0.2) is 0 Å². The molecule has 0 aliphatic rings. The topological polar surface area (TPSA) is 25.8 Å². The molecule has 0 radical (unpaired) electrons. The maximum Gasteiger partial charge on any atom is 2.00 e. The van der Waals surface area contributed by atoms with E-state index < -0.39 is 0 Å². The van der Waals surface area contributed by atoms with Crippen LogP contribution in [-0.4, -0.2) is 9.97 Å². The molecular formula is C23H20N2Pt. The Kier molecular flexibility index (Phi) is 9.19. The number of pyridine rings is 2. The molecular weight excluding hydrogens is 499 g/mol. The quantitative estimate of drug-likeness (QED) is 0.355. The Labute approximate surface area is 170 Å². The summed E-state index contributed by atoms with van der Waals surface area (Å²) >= 11 is 0. The molecule has 26 heavy (non-hydrogen) atoms. The third-order valence-electron chi connectivity index (χ3n) is 3.46. The fourth-order valence-electron chi connectivity index (χ4n) is 2.34. The summed E-state index contributed by atoms with van der Waals surface area (Å²) < 4.78 is 0. The molecule has 0 aliphatic heterocycles. The van der Waals surface area contributed by atoms with Crippen molar-refractivity contribution in [2.45, 2.75) is 6.42 Å². The molecule has 0 saturated carbocycles. The van der Waals surface area contributed by atoms with Crippen LogP contribution in [-0.2, 0) is 27.5 Å². The van der Waals surface area contributed by atoms with Gasteiger partial charge in [-0.1, -0.05) is 24.3 Å². The first kappa shape index (κ1) is 21.5. The van der Waals surface area contributed by atoms with E-state index in [4.69, 9.17) is 0 Å². The Hall–Kier alpha value is -2.57. The van der Waals surface area contributed by atoms with Gasteiger partial charge in [0.25, 0.3) is 0 Å². The largest absolute Gasteiger partial charge is 2.00 e. The van der Waals surface area contributed by atoms with Crippen LogP contribution in [0.15, 0.2) is 87.0 Å². The van der Waals surface area contributed by atoms with Crippen LogP contribution in [0.2, 0.25) is 0 Å². The van der Waals surface area contributed by atoms with Crippen molar-refractivity contribution in [3.8, 4) is 0 Å². The van der Waals surface area contributed by atoms with Crippen molar-refractivity contribution in [2.75, 3.05) is 0 Å². The van der Waals surface area contributed by atoms with Gasteiger partial charge in [0, 0.05) is 17.8 Å². The molecule has 0 atom stereocenters. The van der Waals surface area contributed by atoms with Gasteiger partial charge in [-0.15, -0.1) is 37.0 Å². The Balaban J connectivity index is 0.00000338. The second-order valence-electron chi connectivity index (χ2n) is 5.16. The molecule has 2 aromatic rings. The molecule has 2 aromatic heterocycles. The minimum absolute atomic E-state index is 0. The molecule has 0 bridgehead atoms. The first-order chi connectivity index (χ1) is 12.2. The van der Waals surface area contributed by atoms with Gasteiger partial charge in [-0.25, -0.2) is 0 Å². The van der Waals surface area contributed by atoms with Gasteiger partial charge in [-0.3, -0.25) is 0 Å². The molecule has 0 unspecified atom stereocenters. The second kappa shape index (κ2) is 11.1. The van der Waals surface area contributed by atoms with E-state index in [0.29, 0.717) is 6.42 Å². The van der Waals surface area contributed by atoms with E-state index in [0.717, 1.165) is 33.9 Å². The average Bonchev–Trinajstić information content (AvgIpc) is 2.64. The van der Waals surface area contributed by atoms with Gasteiger partial charge < -0.3 is 9.97 Å².